The highest BCUT2D eigenvalue weighted by Gasteiger charge is 2.32. The van der Waals surface area contributed by atoms with Gasteiger partial charge in [0.2, 0.25) is 29.5 Å². The van der Waals surface area contributed by atoms with E-state index in [2.05, 4.69) is 21.3 Å². The van der Waals surface area contributed by atoms with Crippen molar-refractivity contribution in [2.75, 3.05) is 13.1 Å². The average molecular weight is 502 g/mol. The molecule has 16 heteroatoms. The van der Waals surface area contributed by atoms with E-state index in [0.717, 1.165) is 0 Å². The Balaban J connectivity index is 2.86. The summed E-state index contributed by atoms with van der Waals surface area (Å²) in [5, 5.41) is 38.7. The number of primary amides is 1. The number of aliphatic carboxylic acids is 2. The monoisotopic (exact) mass is 502 g/mol. The van der Waals surface area contributed by atoms with E-state index in [4.69, 9.17) is 15.9 Å². The van der Waals surface area contributed by atoms with Crippen LogP contribution in [0, 0.1) is 0 Å². The number of carboxylic acid groups (broad SMARTS) is 2. The van der Waals surface area contributed by atoms with E-state index < -0.39 is 84.7 Å². The lowest BCUT2D eigenvalue weighted by Crippen LogP contribution is -2.57. The maximum Gasteiger partial charge on any atom is 0.322 e. The number of carbonyl (C=O) groups is 7. The lowest BCUT2D eigenvalue weighted by atomic mass is 10.1. The standard InChI is InChI=1S/C19H30N6O10/c1-8(23-19(35)11-4-9(26)6-21-11)16(32)24-10(2-3-13(20)27)18(34)25-12(5-14(28)29)17(33)22-7-15(30)31/h8-12,21,26H,2-7H2,1H3,(H2,20,27)(H,22,33)(H,23,35)(H,24,32)(H,25,34)(H,28,29)(H,30,31)/t8-,9+,10-,11-,12-/m0/s1. The molecule has 1 saturated heterocycles. The van der Waals surface area contributed by atoms with Crippen molar-refractivity contribution < 1.29 is 48.9 Å². The van der Waals surface area contributed by atoms with Gasteiger partial charge in [-0.3, -0.25) is 33.6 Å². The van der Waals surface area contributed by atoms with E-state index in [1.54, 1.807) is 0 Å². The van der Waals surface area contributed by atoms with Crippen LogP contribution in [0.25, 0.3) is 0 Å². The SMILES string of the molecule is C[C@H](NC(=O)[C@@H]1C[C@@H](O)CN1)C(=O)N[C@@H](CCC(N)=O)C(=O)N[C@@H](CC(=O)O)C(=O)NCC(=O)O. The van der Waals surface area contributed by atoms with Gasteiger partial charge in [-0.2, -0.15) is 0 Å². The highest BCUT2D eigenvalue weighted by Crippen LogP contribution is 2.07. The first kappa shape index (κ1) is 29.2. The van der Waals surface area contributed by atoms with Crippen molar-refractivity contribution in [2.45, 2.75) is 62.9 Å². The molecule has 1 heterocycles. The molecule has 5 atom stereocenters. The van der Waals surface area contributed by atoms with Crippen LogP contribution in [-0.4, -0.2) is 100 Å². The average Bonchev–Trinajstić information content (AvgIpc) is 3.19. The molecule has 0 aromatic heterocycles. The minimum absolute atomic E-state index is 0.152. The van der Waals surface area contributed by atoms with Gasteiger partial charge in [-0.05, 0) is 19.8 Å². The van der Waals surface area contributed by atoms with Gasteiger partial charge in [-0.1, -0.05) is 0 Å². The topological polar surface area (TPSA) is 266 Å². The zero-order valence-corrected chi connectivity index (χ0v) is 18.9. The molecule has 0 aliphatic carbocycles. The van der Waals surface area contributed by atoms with Gasteiger partial charge in [0, 0.05) is 13.0 Å². The van der Waals surface area contributed by atoms with Crippen molar-refractivity contribution in [1.82, 2.24) is 26.6 Å². The van der Waals surface area contributed by atoms with Crippen LogP contribution in [0.5, 0.6) is 0 Å². The Kier molecular flexibility index (Phi) is 11.5. The number of aliphatic hydroxyl groups is 1. The van der Waals surface area contributed by atoms with E-state index in [-0.39, 0.29) is 25.8 Å². The third kappa shape index (κ3) is 10.8. The van der Waals surface area contributed by atoms with Crippen molar-refractivity contribution in [3.63, 3.8) is 0 Å². The maximum absolute atomic E-state index is 12.7. The first-order valence-electron chi connectivity index (χ1n) is 10.6. The number of hydrogen-bond acceptors (Lipinski definition) is 9. The largest absolute Gasteiger partial charge is 0.481 e. The number of carboxylic acids is 2. The molecule has 10 N–H and O–H groups in total. The van der Waals surface area contributed by atoms with Crippen molar-refractivity contribution >= 4 is 41.5 Å². The van der Waals surface area contributed by atoms with Crippen LogP contribution in [0.3, 0.4) is 0 Å². The number of carbonyl (C=O) groups excluding carboxylic acids is 5. The van der Waals surface area contributed by atoms with E-state index in [1.165, 1.54) is 6.92 Å². The van der Waals surface area contributed by atoms with E-state index in [1.807, 2.05) is 5.32 Å². The third-order valence-corrected chi connectivity index (χ3v) is 4.91. The molecule has 0 saturated carbocycles. The molecule has 16 nitrogen and oxygen atoms in total. The number of aliphatic hydroxyl groups excluding tert-OH is 1. The Hall–Kier alpha value is -3.79. The molecule has 0 radical (unpaired) electrons. The molecular formula is C19H30N6O10. The van der Waals surface area contributed by atoms with Gasteiger partial charge in [-0.15, -0.1) is 0 Å². The Labute approximate surface area is 199 Å². The summed E-state index contributed by atoms with van der Waals surface area (Å²) in [4.78, 5) is 82.5. The van der Waals surface area contributed by atoms with Crippen molar-refractivity contribution in [2.24, 2.45) is 5.73 Å². The molecule has 1 aliphatic heterocycles. The molecular weight excluding hydrogens is 472 g/mol. The first-order valence-corrected chi connectivity index (χ1v) is 10.6. The fourth-order valence-electron chi connectivity index (χ4n) is 3.09. The fourth-order valence-corrected chi connectivity index (χ4v) is 3.09. The quantitative estimate of drug-likeness (QED) is 0.109. The lowest BCUT2D eigenvalue weighted by Gasteiger charge is -2.24. The molecule has 1 fully saturated rings. The first-order chi connectivity index (χ1) is 16.3. The van der Waals surface area contributed by atoms with Gasteiger partial charge < -0.3 is 47.6 Å². The summed E-state index contributed by atoms with van der Waals surface area (Å²) in [6.45, 7) is 0.719. The molecule has 0 aromatic rings. The van der Waals surface area contributed by atoms with Crippen LogP contribution < -0.4 is 32.3 Å². The minimum Gasteiger partial charge on any atom is -0.481 e. The number of rotatable bonds is 14. The summed E-state index contributed by atoms with van der Waals surface area (Å²) in [6, 6.07) is -4.97. The van der Waals surface area contributed by atoms with Crippen LogP contribution in [-0.2, 0) is 33.6 Å². The number of β-amino-alcohol motifs (C(OH)–C–C–N with tert-alkyl or cyclic N) is 1. The normalized spacial score (nSPS) is 19.5. The second kappa shape index (κ2) is 13.8. The van der Waals surface area contributed by atoms with Crippen LogP contribution in [0.4, 0.5) is 0 Å². The van der Waals surface area contributed by atoms with Crippen molar-refractivity contribution in [1.29, 1.82) is 0 Å². The Morgan fingerprint density at radius 2 is 1.57 bits per heavy atom. The van der Waals surface area contributed by atoms with Gasteiger partial charge in [0.15, 0.2) is 0 Å². The summed E-state index contributed by atoms with van der Waals surface area (Å²) in [5.74, 6) is -7.18. The van der Waals surface area contributed by atoms with Crippen LogP contribution in [0.1, 0.15) is 32.6 Å². The zero-order chi connectivity index (χ0) is 26.7. The summed E-state index contributed by atoms with van der Waals surface area (Å²) < 4.78 is 0. The van der Waals surface area contributed by atoms with Crippen LogP contribution >= 0.6 is 0 Å². The highest BCUT2D eigenvalue weighted by atomic mass is 16.4. The maximum atomic E-state index is 12.7. The van der Waals surface area contributed by atoms with Crippen LogP contribution in [0.15, 0.2) is 0 Å². The van der Waals surface area contributed by atoms with Gasteiger partial charge in [-0.25, -0.2) is 0 Å². The van der Waals surface area contributed by atoms with Crippen LogP contribution in [0.2, 0.25) is 0 Å². The Morgan fingerprint density at radius 1 is 0.943 bits per heavy atom. The molecule has 0 aromatic carbocycles. The molecule has 1 aliphatic rings. The van der Waals surface area contributed by atoms with E-state index in [0.29, 0.717) is 0 Å². The van der Waals surface area contributed by atoms with Crippen molar-refractivity contribution in [3.05, 3.63) is 0 Å². The molecule has 5 amide bonds. The number of nitrogens with two attached hydrogens (primary N) is 1. The Morgan fingerprint density at radius 3 is 2.09 bits per heavy atom. The summed E-state index contributed by atoms with van der Waals surface area (Å²) in [5.41, 5.74) is 5.10. The summed E-state index contributed by atoms with van der Waals surface area (Å²) >= 11 is 0. The van der Waals surface area contributed by atoms with E-state index >= 15 is 0 Å². The highest BCUT2D eigenvalue weighted by molar-refractivity contribution is 5.96. The lowest BCUT2D eigenvalue weighted by molar-refractivity contribution is -0.141. The van der Waals surface area contributed by atoms with Gasteiger partial charge >= 0.3 is 11.9 Å². The molecule has 196 valence electrons. The summed E-state index contributed by atoms with van der Waals surface area (Å²) in [7, 11) is 0. The second-order valence-electron chi connectivity index (χ2n) is 7.92. The van der Waals surface area contributed by atoms with Gasteiger partial charge in [0.05, 0.1) is 18.6 Å². The third-order valence-electron chi connectivity index (χ3n) is 4.91. The smallest absolute Gasteiger partial charge is 0.322 e. The van der Waals surface area contributed by atoms with E-state index in [9.17, 15) is 38.7 Å². The Bertz CT molecular complexity index is 850. The molecule has 35 heavy (non-hydrogen) atoms. The number of hydrogen-bond donors (Lipinski definition) is 9. The second-order valence-corrected chi connectivity index (χ2v) is 7.92. The molecule has 0 spiro atoms. The fraction of sp³-hybridized carbons (Fsp3) is 0.632. The summed E-state index contributed by atoms with van der Waals surface area (Å²) in [6.07, 6.45) is -2.10. The predicted octanol–water partition coefficient (Wildman–Crippen LogP) is -4.88. The minimum atomic E-state index is -1.68. The number of amides is 5. The zero-order valence-electron chi connectivity index (χ0n) is 18.9. The predicted molar refractivity (Wildman–Crippen MR) is 115 cm³/mol. The molecule has 1 rings (SSSR count). The van der Waals surface area contributed by atoms with Gasteiger partial charge in [0.1, 0.15) is 24.7 Å². The molecule has 0 bridgehead atoms. The van der Waals surface area contributed by atoms with Gasteiger partial charge in [0.25, 0.3) is 0 Å². The number of nitrogens with one attached hydrogen (secondary N) is 5. The van der Waals surface area contributed by atoms with Crippen molar-refractivity contribution in [3.8, 4) is 0 Å². The molecule has 0 unspecified atom stereocenters.